The van der Waals surface area contributed by atoms with Gasteiger partial charge in [-0.2, -0.15) is 0 Å². The fourth-order valence-corrected chi connectivity index (χ4v) is 2.45. The molecule has 1 heterocycles. The Labute approximate surface area is 121 Å². The lowest BCUT2D eigenvalue weighted by Crippen LogP contribution is -2.18. The van der Waals surface area contributed by atoms with Gasteiger partial charge >= 0.3 is 0 Å². The number of hydrogen-bond acceptors (Lipinski definition) is 1. The highest BCUT2D eigenvalue weighted by Gasteiger charge is 2.06. The number of benzene rings is 2. The Morgan fingerprint density at radius 1 is 1.00 bits per heavy atom. The number of anilines is 1. The van der Waals surface area contributed by atoms with Crippen LogP contribution in [-0.2, 0) is 0 Å². The van der Waals surface area contributed by atoms with Gasteiger partial charge in [-0.1, -0.05) is 41.9 Å². The first-order valence-corrected chi connectivity index (χ1v) is 6.66. The summed E-state index contributed by atoms with van der Waals surface area (Å²) in [6, 6.07) is 17.7. The largest absolute Gasteiger partial charge is 0.331 e. The van der Waals surface area contributed by atoms with Gasteiger partial charge in [-0.15, -0.1) is 0 Å². The Hall–Kier alpha value is -1.84. The van der Waals surface area contributed by atoms with E-state index in [0.29, 0.717) is 10.1 Å². The van der Waals surface area contributed by atoms with Gasteiger partial charge < -0.3 is 5.32 Å². The molecular formula is C15H11ClN2S. The van der Waals surface area contributed by atoms with E-state index in [2.05, 4.69) is 11.4 Å². The molecule has 1 N–H and O–H groups in total. The summed E-state index contributed by atoms with van der Waals surface area (Å²) in [5.41, 5.74) is 1.89. The van der Waals surface area contributed by atoms with Gasteiger partial charge in [0.1, 0.15) is 0 Å². The predicted octanol–water partition coefficient (Wildman–Crippen LogP) is 4.54. The number of aromatic nitrogens is 1. The van der Waals surface area contributed by atoms with Crippen molar-refractivity contribution in [2.45, 2.75) is 0 Å². The second-order valence-electron chi connectivity index (χ2n) is 4.15. The number of hydrogen-bond donors (Lipinski definition) is 1. The third-order valence-electron chi connectivity index (χ3n) is 2.93. The molecule has 0 radical (unpaired) electrons. The number of para-hydroxylation sites is 2. The van der Waals surface area contributed by atoms with E-state index in [9.17, 15) is 0 Å². The minimum absolute atomic E-state index is 0.606. The average Bonchev–Trinajstić information content (AvgIpc) is 2.85. The van der Waals surface area contributed by atoms with Gasteiger partial charge in [0, 0.05) is 11.6 Å². The molecular weight excluding hydrogens is 276 g/mol. The van der Waals surface area contributed by atoms with E-state index in [1.54, 1.807) is 0 Å². The number of rotatable bonds is 1. The third kappa shape index (κ3) is 2.35. The van der Waals surface area contributed by atoms with Crippen LogP contribution in [0.3, 0.4) is 0 Å². The SMILES string of the molecule is S=C(Nc1ccccc1Cl)n1ccc2ccccc21. The number of fused-ring (bicyclic) bond motifs is 1. The lowest BCUT2D eigenvalue weighted by atomic mass is 10.2. The Morgan fingerprint density at radius 3 is 2.58 bits per heavy atom. The second-order valence-corrected chi connectivity index (χ2v) is 4.95. The maximum Gasteiger partial charge on any atom is 0.182 e. The van der Waals surface area contributed by atoms with Crippen LogP contribution < -0.4 is 5.32 Å². The first-order valence-electron chi connectivity index (χ1n) is 5.88. The second kappa shape index (κ2) is 5.03. The van der Waals surface area contributed by atoms with Crippen molar-refractivity contribution < 1.29 is 0 Å². The van der Waals surface area contributed by atoms with Gasteiger partial charge in [-0.3, -0.25) is 4.57 Å². The Kier molecular flexibility index (Phi) is 3.23. The summed E-state index contributed by atoms with van der Waals surface area (Å²) in [5, 5.41) is 5.59. The highest BCUT2D eigenvalue weighted by Crippen LogP contribution is 2.22. The van der Waals surface area contributed by atoms with E-state index in [1.807, 2.05) is 59.3 Å². The molecule has 2 aromatic carbocycles. The number of thiocarbonyl (C=S) groups is 1. The molecule has 0 atom stereocenters. The summed E-state index contributed by atoms with van der Waals surface area (Å²) in [6.07, 6.45) is 1.96. The molecule has 0 fully saturated rings. The van der Waals surface area contributed by atoms with Crippen LogP contribution >= 0.6 is 23.8 Å². The fraction of sp³-hybridized carbons (Fsp3) is 0. The minimum atomic E-state index is 0.606. The maximum absolute atomic E-state index is 6.12. The summed E-state index contributed by atoms with van der Waals surface area (Å²) in [5.74, 6) is 0. The Bertz CT molecular complexity index is 748. The number of halogens is 1. The average molecular weight is 287 g/mol. The van der Waals surface area contributed by atoms with Gasteiger partial charge in [0.2, 0.25) is 0 Å². The fourth-order valence-electron chi connectivity index (χ4n) is 2.00. The monoisotopic (exact) mass is 286 g/mol. The molecule has 94 valence electrons. The molecule has 3 aromatic rings. The first-order chi connectivity index (χ1) is 9.25. The van der Waals surface area contributed by atoms with E-state index >= 15 is 0 Å². The van der Waals surface area contributed by atoms with Crippen molar-refractivity contribution in [3.8, 4) is 0 Å². The summed E-state index contributed by atoms with van der Waals surface area (Å²) in [7, 11) is 0. The van der Waals surface area contributed by atoms with Crippen LogP contribution in [0, 0.1) is 0 Å². The molecule has 2 nitrogen and oxygen atoms in total. The minimum Gasteiger partial charge on any atom is -0.331 e. The summed E-state index contributed by atoms with van der Waals surface area (Å²) >= 11 is 11.6. The quantitative estimate of drug-likeness (QED) is 0.662. The molecule has 0 bridgehead atoms. The molecule has 0 saturated heterocycles. The summed E-state index contributed by atoms with van der Waals surface area (Å²) < 4.78 is 1.94. The highest BCUT2D eigenvalue weighted by atomic mass is 35.5. The standard InChI is InChI=1S/C15H11ClN2S/c16-12-6-2-3-7-13(12)17-15(19)18-10-9-11-5-1-4-8-14(11)18/h1-10H,(H,17,19). The van der Waals surface area contributed by atoms with Crippen LogP contribution in [-0.4, -0.2) is 9.68 Å². The van der Waals surface area contributed by atoms with Crippen LogP contribution in [0.4, 0.5) is 5.69 Å². The molecule has 4 heteroatoms. The van der Waals surface area contributed by atoms with Crippen molar-refractivity contribution in [3.63, 3.8) is 0 Å². The molecule has 0 spiro atoms. The van der Waals surface area contributed by atoms with Gasteiger partial charge in [-0.25, -0.2) is 0 Å². The van der Waals surface area contributed by atoms with Crippen molar-refractivity contribution in [3.05, 3.63) is 65.8 Å². The molecule has 0 saturated carbocycles. The zero-order chi connectivity index (χ0) is 13.2. The van der Waals surface area contributed by atoms with Gasteiger partial charge in [0.25, 0.3) is 0 Å². The van der Waals surface area contributed by atoms with Crippen molar-refractivity contribution >= 4 is 45.5 Å². The summed E-state index contributed by atoms with van der Waals surface area (Å²) in [4.78, 5) is 0. The molecule has 3 rings (SSSR count). The predicted molar refractivity (Wildman–Crippen MR) is 85.0 cm³/mol. The zero-order valence-corrected chi connectivity index (χ0v) is 11.6. The van der Waals surface area contributed by atoms with Crippen molar-refractivity contribution in [1.29, 1.82) is 0 Å². The smallest absolute Gasteiger partial charge is 0.182 e. The first kappa shape index (κ1) is 12.2. The highest BCUT2D eigenvalue weighted by molar-refractivity contribution is 7.80. The molecule has 0 aliphatic rings. The normalized spacial score (nSPS) is 10.6. The third-order valence-corrected chi connectivity index (χ3v) is 3.56. The van der Waals surface area contributed by atoms with Crippen LogP contribution in [0.15, 0.2) is 60.8 Å². The maximum atomic E-state index is 6.12. The van der Waals surface area contributed by atoms with Crippen LogP contribution in [0.5, 0.6) is 0 Å². The Balaban J connectivity index is 1.95. The van der Waals surface area contributed by atoms with Gasteiger partial charge in [0.05, 0.1) is 16.2 Å². The summed E-state index contributed by atoms with van der Waals surface area (Å²) in [6.45, 7) is 0. The number of nitrogens with zero attached hydrogens (tertiary/aromatic N) is 1. The molecule has 0 unspecified atom stereocenters. The molecule has 0 aliphatic heterocycles. The van der Waals surface area contributed by atoms with E-state index < -0.39 is 0 Å². The molecule has 19 heavy (non-hydrogen) atoms. The van der Waals surface area contributed by atoms with Gasteiger partial charge in [-0.05, 0) is 36.5 Å². The van der Waals surface area contributed by atoms with Crippen LogP contribution in [0.1, 0.15) is 0 Å². The van der Waals surface area contributed by atoms with Crippen molar-refractivity contribution in [1.82, 2.24) is 4.57 Å². The van der Waals surface area contributed by atoms with E-state index in [4.69, 9.17) is 23.8 Å². The van der Waals surface area contributed by atoms with E-state index in [1.165, 1.54) is 0 Å². The lowest BCUT2D eigenvalue weighted by Gasteiger charge is -2.11. The number of nitrogens with one attached hydrogen (secondary N) is 1. The van der Waals surface area contributed by atoms with Crippen LogP contribution in [0.25, 0.3) is 10.9 Å². The van der Waals surface area contributed by atoms with Crippen molar-refractivity contribution in [2.75, 3.05) is 5.32 Å². The molecule has 0 aliphatic carbocycles. The van der Waals surface area contributed by atoms with E-state index in [0.717, 1.165) is 16.6 Å². The zero-order valence-electron chi connectivity index (χ0n) is 10.0. The van der Waals surface area contributed by atoms with Crippen LogP contribution in [0.2, 0.25) is 5.02 Å². The topological polar surface area (TPSA) is 17.0 Å². The van der Waals surface area contributed by atoms with Crippen molar-refractivity contribution in [2.24, 2.45) is 0 Å². The molecule has 1 aromatic heterocycles. The lowest BCUT2D eigenvalue weighted by molar-refractivity contribution is 1.24. The van der Waals surface area contributed by atoms with Gasteiger partial charge in [0.15, 0.2) is 5.11 Å². The Morgan fingerprint density at radius 2 is 1.74 bits per heavy atom. The molecule has 0 amide bonds. The van der Waals surface area contributed by atoms with E-state index in [-0.39, 0.29) is 0 Å².